The summed E-state index contributed by atoms with van der Waals surface area (Å²) in [5, 5.41) is 15.4. The zero-order valence-corrected chi connectivity index (χ0v) is 16.3. The van der Waals surface area contributed by atoms with Crippen molar-refractivity contribution in [2.45, 2.75) is 10.9 Å². The Hall–Kier alpha value is -1.97. The van der Waals surface area contributed by atoms with E-state index in [1.54, 1.807) is 11.3 Å². The molecule has 25 heavy (non-hydrogen) atoms. The fraction of sp³-hybridized carbons (Fsp3) is 0.125. The van der Waals surface area contributed by atoms with Gasteiger partial charge in [-0.15, -0.1) is 21.5 Å². The van der Waals surface area contributed by atoms with E-state index in [2.05, 4.69) is 36.3 Å². The first-order chi connectivity index (χ1) is 12.2. The van der Waals surface area contributed by atoms with Crippen LogP contribution in [0.3, 0.4) is 0 Å². The highest BCUT2D eigenvalue weighted by atomic mass is 79.9. The van der Waals surface area contributed by atoms with Gasteiger partial charge in [0.25, 0.3) is 0 Å². The highest BCUT2D eigenvalue weighted by molar-refractivity contribution is 9.10. The largest absolute Gasteiger partial charge is 0.338 e. The summed E-state index contributed by atoms with van der Waals surface area (Å²) in [6.07, 6.45) is 0. The Morgan fingerprint density at radius 2 is 2.16 bits per heavy atom. The smallest absolute Gasteiger partial charge is 0.237 e. The third-order valence-electron chi connectivity index (χ3n) is 3.45. The Bertz CT molecular complexity index is 996. The zero-order valence-electron chi connectivity index (χ0n) is 13.1. The second-order valence-corrected chi connectivity index (χ2v) is 7.96. The van der Waals surface area contributed by atoms with E-state index in [1.165, 1.54) is 11.8 Å². The Morgan fingerprint density at radius 3 is 2.96 bits per heavy atom. The molecule has 0 spiro atoms. The van der Waals surface area contributed by atoms with Gasteiger partial charge in [0.1, 0.15) is 0 Å². The Morgan fingerprint density at radius 1 is 1.24 bits per heavy atom. The number of hydrogen-bond acceptors (Lipinski definition) is 7. The predicted octanol–water partition coefficient (Wildman–Crippen LogP) is 4.65. The van der Waals surface area contributed by atoms with Crippen molar-refractivity contribution in [2.24, 2.45) is 7.05 Å². The molecule has 0 aliphatic carbocycles. The van der Waals surface area contributed by atoms with Gasteiger partial charge >= 0.3 is 0 Å². The molecule has 126 valence electrons. The van der Waals surface area contributed by atoms with Crippen LogP contribution < -0.4 is 0 Å². The third kappa shape index (κ3) is 3.53. The summed E-state index contributed by atoms with van der Waals surface area (Å²) in [6.45, 7) is 0. The number of halogens is 1. The summed E-state index contributed by atoms with van der Waals surface area (Å²) in [5.41, 5.74) is 0.910. The average molecular weight is 434 g/mol. The lowest BCUT2D eigenvalue weighted by molar-refractivity contribution is 0.391. The van der Waals surface area contributed by atoms with Crippen LogP contribution >= 0.6 is 39.0 Å². The van der Waals surface area contributed by atoms with Crippen LogP contribution in [0.2, 0.25) is 0 Å². The standard InChI is InChI=1S/C16H12BrN5OS2/c1-22-15(12-6-3-7-24-12)19-20-16(22)25-9-13-18-14(21-23-13)10-4-2-5-11(17)8-10/h2-8H,9H2,1H3. The van der Waals surface area contributed by atoms with Crippen LogP contribution in [0.1, 0.15) is 5.89 Å². The van der Waals surface area contributed by atoms with Gasteiger partial charge in [-0.05, 0) is 23.6 Å². The molecule has 4 rings (SSSR count). The first kappa shape index (κ1) is 16.5. The number of hydrogen-bond donors (Lipinski definition) is 0. The third-order valence-corrected chi connectivity index (χ3v) is 5.82. The molecule has 0 amide bonds. The topological polar surface area (TPSA) is 69.6 Å². The van der Waals surface area contributed by atoms with Crippen LogP contribution in [0, 0.1) is 0 Å². The summed E-state index contributed by atoms with van der Waals surface area (Å²) in [4.78, 5) is 5.54. The first-order valence-electron chi connectivity index (χ1n) is 7.35. The van der Waals surface area contributed by atoms with Crippen LogP contribution in [0.25, 0.3) is 22.1 Å². The van der Waals surface area contributed by atoms with Crippen molar-refractivity contribution in [1.29, 1.82) is 0 Å². The van der Waals surface area contributed by atoms with Gasteiger partial charge in [0.2, 0.25) is 11.7 Å². The van der Waals surface area contributed by atoms with Gasteiger partial charge in [-0.25, -0.2) is 0 Å². The lowest BCUT2D eigenvalue weighted by Gasteiger charge is -2.00. The van der Waals surface area contributed by atoms with Crippen LogP contribution in [-0.2, 0) is 12.8 Å². The van der Waals surface area contributed by atoms with Gasteiger partial charge in [0, 0.05) is 17.1 Å². The Labute approximate surface area is 160 Å². The average Bonchev–Trinajstić information content (AvgIpc) is 3.34. The maximum atomic E-state index is 5.35. The van der Waals surface area contributed by atoms with Gasteiger partial charge in [0.05, 0.1) is 10.6 Å². The number of rotatable bonds is 5. The Kier molecular flexibility index (Phi) is 4.69. The van der Waals surface area contributed by atoms with Crippen molar-refractivity contribution in [1.82, 2.24) is 24.9 Å². The molecular weight excluding hydrogens is 422 g/mol. The van der Waals surface area contributed by atoms with Crippen molar-refractivity contribution in [3.8, 4) is 22.1 Å². The van der Waals surface area contributed by atoms with E-state index < -0.39 is 0 Å². The quantitative estimate of drug-likeness (QED) is 0.426. The molecule has 0 saturated heterocycles. The SMILES string of the molecule is Cn1c(SCc2nc(-c3cccc(Br)c3)no2)nnc1-c1cccs1. The molecule has 4 aromatic rings. The molecular formula is C16H12BrN5OS2. The van der Waals surface area contributed by atoms with Crippen molar-refractivity contribution in [3.05, 3.63) is 52.1 Å². The summed E-state index contributed by atoms with van der Waals surface area (Å²) < 4.78 is 8.30. The summed E-state index contributed by atoms with van der Waals surface area (Å²) in [7, 11) is 1.96. The number of aromatic nitrogens is 5. The van der Waals surface area contributed by atoms with Gasteiger partial charge in [0.15, 0.2) is 11.0 Å². The molecule has 9 heteroatoms. The highest BCUT2D eigenvalue weighted by Crippen LogP contribution is 2.28. The fourth-order valence-corrected chi connectivity index (χ4v) is 4.14. The van der Waals surface area contributed by atoms with Crippen LogP contribution in [0.15, 0.2) is 55.9 Å². The molecule has 0 aliphatic heterocycles. The number of nitrogens with zero attached hydrogens (tertiary/aromatic N) is 5. The van der Waals surface area contributed by atoms with Gasteiger partial charge in [-0.2, -0.15) is 4.98 Å². The zero-order chi connectivity index (χ0) is 17.2. The van der Waals surface area contributed by atoms with E-state index in [1.807, 2.05) is 53.4 Å². The number of thioether (sulfide) groups is 1. The molecule has 0 radical (unpaired) electrons. The van der Waals surface area contributed by atoms with Crippen molar-refractivity contribution in [3.63, 3.8) is 0 Å². The summed E-state index contributed by atoms with van der Waals surface area (Å²) in [5.74, 6) is 2.53. The Balaban J connectivity index is 1.48. The van der Waals surface area contributed by atoms with E-state index in [-0.39, 0.29) is 0 Å². The van der Waals surface area contributed by atoms with Crippen LogP contribution in [0.5, 0.6) is 0 Å². The maximum absolute atomic E-state index is 5.35. The molecule has 3 heterocycles. The second-order valence-electron chi connectivity index (χ2n) is 5.15. The molecule has 0 N–H and O–H groups in total. The van der Waals surface area contributed by atoms with Crippen LogP contribution in [-0.4, -0.2) is 24.9 Å². The molecule has 0 saturated carbocycles. The lowest BCUT2D eigenvalue weighted by atomic mass is 10.2. The van der Waals surface area contributed by atoms with E-state index in [0.29, 0.717) is 17.5 Å². The van der Waals surface area contributed by atoms with E-state index >= 15 is 0 Å². The van der Waals surface area contributed by atoms with Crippen molar-refractivity contribution >= 4 is 39.0 Å². The molecule has 0 atom stereocenters. The molecule has 0 fully saturated rings. The lowest BCUT2D eigenvalue weighted by Crippen LogP contribution is -1.94. The minimum atomic E-state index is 0.539. The van der Waals surface area contributed by atoms with Crippen molar-refractivity contribution in [2.75, 3.05) is 0 Å². The molecule has 1 aromatic carbocycles. The normalized spacial score (nSPS) is 11.1. The first-order valence-corrected chi connectivity index (χ1v) is 10.0. The molecule has 0 bridgehead atoms. The molecule has 3 aromatic heterocycles. The summed E-state index contributed by atoms with van der Waals surface area (Å²) >= 11 is 6.61. The maximum Gasteiger partial charge on any atom is 0.237 e. The van der Waals surface area contributed by atoms with Gasteiger partial charge < -0.3 is 9.09 Å². The van der Waals surface area contributed by atoms with Gasteiger partial charge in [-0.3, -0.25) is 0 Å². The fourth-order valence-electron chi connectivity index (χ4n) is 2.25. The van der Waals surface area contributed by atoms with Crippen LogP contribution in [0.4, 0.5) is 0 Å². The van der Waals surface area contributed by atoms with E-state index in [0.717, 1.165) is 25.9 Å². The van der Waals surface area contributed by atoms with E-state index in [4.69, 9.17) is 4.52 Å². The van der Waals surface area contributed by atoms with Crippen molar-refractivity contribution < 1.29 is 4.52 Å². The van der Waals surface area contributed by atoms with Gasteiger partial charge in [-0.1, -0.05) is 51.0 Å². The van der Waals surface area contributed by atoms with E-state index in [9.17, 15) is 0 Å². The molecule has 0 unspecified atom stereocenters. The second kappa shape index (κ2) is 7.11. The highest BCUT2D eigenvalue weighted by Gasteiger charge is 2.14. The molecule has 0 aliphatic rings. The molecule has 6 nitrogen and oxygen atoms in total. The minimum Gasteiger partial charge on any atom is -0.338 e. The monoisotopic (exact) mass is 433 g/mol. The number of benzene rings is 1. The predicted molar refractivity (Wildman–Crippen MR) is 101 cm³/mol. The number of thiophene rings is 1. The summed E-state index contributed by atoms with van der Waals surface area (Å²) in [6, 6.07) is 11.8. The minimum absolute atomic E-state index is 0.539.